The van der Waals surface area contributed by atoms with Gasteiger partial charge in [0.05, 0.1) is 21.9 Å². The van der Waals surface area contributed by atoms with Gasteiger partial charge in [-0.15, -0.1) is 0 Å². The average molecular weight is 304 g/mol. The van der Waals surface area contributed by atoms with Crippen molar-refractivity contribution in [3.05, 3.63) is 0 Å². The molecule has 1 saturated carbocycles. The van der Waals surface area contributed by atoms with Gasteiger partial charge in [0.25, 0.3) is 0 Å². The Morgan fingerprint density at radius 2 is 1.74 bits per heavy atom. The van der Waals surface area contributed by atoms with Gasteiger partial charge in [0.1, 0.15) is 9.84 Å². The molecule has 2 aliphatic rings. The molecule has 0 aromatic rings. The maximum absolute atomic E-state index is 12.4. The highest BCUT2D eigenvalue weighted by molar-refractivity contribution is 7.91. The zero-order valence-electron chi connectivity index (χ0n) is 10.9. The molecule has 2 rings (SSSR count). The zero-order chi connectivity index (χ0) is 14.1. The van der Waals surface area contributed by atoms with E-state index in [9.17, 15) is 13.2 Å². The molecule has 0 atom stereocenters. The highest BCUT2D eigenvalue weighted by Gasteiger charge is 2.44. The Balaban J connectivity index is 1.99. The van der Waals surface area contributed by atoms with E-state index in [0.29, 0.717) is 25.7 Å². The summed E-state index contributed by atoms with van der Waals surface area (Å²) >= 11 is 5.07. The second-order valence-electron chi connectivity index (χ2n) is 5.55. The van der Waals surface area contributed by atoms with E-state index >= 15 is 0 Å². The van der Waals surface area contributed by atoms with Crippen LogP contribution in [0.5, 0.6) is 0 Å². The predicted molar refractivity (Wildman–Crippen MR) is 77.5 cm³/mol. The molecule has 2 fully saturated rings. The van der Waals surface area contributed by atoms with Crippen LogP contribution in [-0.4, -0.2) is 36.9 Å². The van der Waals surface area contributed by atoms with Crippen molar-refractivity contribution >= 4 is 33.0 Å². The van der Waals surface area contributed by atoms with E-state index in [-0.39, 0.29) is 28.4 Å². The van der Waals surface area contributed by atoms with Crippen LogP contribution in [0.25, 0.3) is 0 Å². The van der Waals surface area contributed by atoms with Crippen LogP contribution < -0.4 is 11.1 Å². The molecular formula is C12H20N2O3S2. The van der Waals surface area contributed by atoms with E-state index < -0.39 is 15.3 Å². The van der Waals surface area contributed by atoms with E-state index in [0.717, 1.165) is 12.8 Å². The SMILES string of the molecule is NC(=S)C1(C(=O)NC2CCS(=O)(=O)CC2)CCCC1. The molecule has 0 aromatic heterocycles. The van der Waals surface area contributed by atoms with Crippen LogP contribution in [-0.2, 0) is 14.6 Å². The first-order valence-electron chi connectivity index (χ1n) is 6.67. The van der Waals surface area contributed by atoms with Gasteiger partial charge in [-0.2, -0.15) is 0 Å². The molecular weight excluding hydrogens is 284 g/mol. The van der Waals surface area contributed by atoms with E-state index in [4.69, 9.17) is 18.0 Å². The van der Waals surface area contributed by atoms with E-state index in [1.807, 2.05) is 0 Å². The van der Waals surface area contributed by atoms with Crippen LogP contribution >= 0.6 is 12.2 Å². The molecule has 5 nitrogen and oxygen atoms in total. The van der Waals surface area contributed by atoms with Crippen LogP contribution in [0.2, 0.25) is 0 Å². The molecule has 1 amide bonds. The Kier molecular flexibility index (Phi) is 4.15. The third-order valence-corrected chi connectivity index (χ3v) is 6.36. The lowest BCUT2D eigenvalue weighted by Crippen LogP contribution is -2.51. The molecule has 1 aliphatic heterocycles. The lowest BCUT2D eigenvalue weighted by atomic mass is 9.84. The number of amides is 1. The van der Waals surface area contributed by atoms with Crippen molar-refractivity contribution in [2.75, 3.05) is 11.5 Å². The summed E-state index contributed by atoms with van der Waals surface area (Å²) in [6.07, 6.45) is 4.31. The Morgan fingerprint density at radius 3 is 2.21 bits per heavy atom. The summed E-state index contributed by atoms with van der Waals surface area (Å²) in [7, 11) is -2.90. The first-order chi connectivity index (χ1) is 8.86. The van der Waals surface area contributed by atoms with Crippen LogP contribution in [0.15, 0.2) is 0 Å². The second kappa shape index (κ2) is 5.36. The number of thiocarbonyl (C=S) groups is 1. The number of carbonyl (C=O) groups is 1. The maximum atomic E-state index is 12.4. The van der Waals surface area contributed by atoms with Crippen LogP contribution in [0.1, 0.15) is 38.5 Å². The van der Waals surface area contributed by atoms with Crippen molar-refractivity contribution in [2.24, 2.45) is 11.1 Å². The minimum Gasteiger partial charge on any atom is -0.392 e. The van der Waals surface area contributed by atoms with Crippen LogP contribution in [0.4, 0.5) is 0 Å². The van der Waals surface area contributed by atoms with Crippen LogP contribution in [0, 0.1) is 5.41 Å². The van der Waals surface area contributed by atoms with Gasteiger partial charge in [-0.3, -0.25) is 4.79 Å². The monoisotopic (exact) mass is 304 g/mol. The summed E-state index contributed by atoms with van der Waals surface area (Å²) in [5, 5.41) is 2.95. The molecule has 1 heterocycles. The summed E-state index contributed by atoms with van der Waals surface area (Å²) in [6.45, 7) is 0. The number of hydrogen-bond acceptors (Lipinski definition) is 4. The smallest absolute Gasteiger partial charge is 0.233 e. The predicted octanol–water partition coefficient (Wildman–Crippen LogP) is 0.526. The minimum absolute atomic E-state index is 0.0668. The minimum atomic E-state index is -2.90. The van der Waals surface area contributed by atoms with E-state index in [1.165, 1.54) is 0 Å². The molecule has 108 valence electrons. The summed E-state index contributed by atoms with van der Waals surface area (Å²) in [6, 6.07) is -0.0668. The Bertz CT molecular complexity index is 467. The number of nitrogens with one attached hydrogen (secondary N) is 1. The standard InChI is InChI=1S/C12H20N2O3S2/c13-10(18)12(5-1-2-6-12)11(15)14-9-3-7-19(16,17)8-4-9/h9H,1-8H2,(H2,13,18)(H,14,15). The lowest BCUT2D eigenvalue weighted by Gasteiger charge is -2.30. The first kappa shape index (κ1) is 14.7. The second-order valence-corrected chi connectivity index (χ2v) is 8.30. The molecule has 0 bridgehead atoms. The molecule has 0 spiro atoms. The zero-order valence-corrected chi connectivity index (χ0v) is 12.5. The number of carbonyl (C=O) groups excluding carboxylic acids is 1. The average Bonchev–Trinajstić information content (AvgIpc) is 2.82. The Hall–Kier alpha value is -0.690. The largest absolute Gasteiger partial charge is 0.392 e. The molecule has 1 aliphatic carbocycles. The lowest BCUT2D eigenvalue weighted by molar-refractivity contribution is -0.128. The van der Waals surface area contributed by atoms with Crippen molar-refractivity contribution in [3.8, 4) is 0 Å². The first-order valence-corrected chi connectivity index (χ1v) is 8.90. The van der Waals surface area contributed by atoms with Gasteiger partial charge in [-0.1, -0.05) is 25.1 Å². The molecule has 19 heavy (non-hydrogen) atoms. The van der Waals surface area contributed by atoms with Crippen molar-refractivity contribution in [3.63, 3.8) is 0 Å². The number of sulfone groups is 1. The van der Waals surface area contributed by atoms with Crippen molar-refractivity contribution in [2.45, 2.75) is 44.6 Å². The van der Waals surface area contributed by atoms with Crippen molar-refractivity contribution < 1.29 is 13.2 Å². The van der Waals surface area contributed by atoms with E-state index in [1.54, 1.807) is 0 Å². The quantitative estimate of drug-likeness (QED) is 0.742. The summed E-state index contributed by atoms with van der Waals surface area (Å²) in [5.74, 6) is 0.192. The molecule has 0 radical (unpaired) electrons. The van der Waals surface area contributed by atoms with Crippen molar-refractivity contribution in [1.82, 2.24) is 5.32 Å². The Labute approximate surface area is 119 Å². The van der Waals surface area contributed by atoms with Crippen molar-refractivity contribution in [1.29, 1.82) is 0 Å². The Morgan fingerprint density at radius 1 is 1.21 bits per heavy atom. The topological polar surface area (TPSA) is 89.3 Å². The molecule has 0 unspecified atom stereocenters. The van der Waals surface area contributed by atoms with Gasteiger partial charge in [-0.05, 0) is 25.7 Å². The fourth-order valence-corrected chi connectivity index (χ4v) is 4.71. The fraction of sp³-hybridized carbons (Fsp3) is 0.833. The highest BCUT2D eigenvalue weighted by atomic mass is 32.2. The summed E-state index contributed by atoms with van der Waals surface area (Å²) < 4.78 is 22.7. The third kappa shape index (κ3) is 3.08. The van der Waals surface area contributed by atoms with Gasteiger partial charge in [-0.25, -0.2) is 8.42 Å². The number of hydrogen-bond donors (Lipinski definition) is 2. The summed E-state index contributed by atoms with van der Waals surface area (Å²) in [5.41, 5.74) is 5.05. The highest BCUT2D eigenvalue weighted by Crippen LogP contribution is 2.39. The summed E-state index contributed by atoms with van der Waals surface area (Å²) in [4.78, 5) is 12.7. The van der Waals surface area contributed by atoms with Gasteiger partial charge in [0.2, 0.25) is 5.91 Å². The molecule has 0 aromatic carbocycles. The van der Waals surface area contributed by atoms with E-state index in [2.05, 4.69) is 5.32 Å². The van der Waals surface area contributed by atoms with Gasteiger partial charge in [0, 0.05) is 6.04 Å². The molecule has 3 N–H and O–H groups in total. The van der Waals surface area contributed by atoms with Gasteiger partial charge in [0.15, 0.2) is 0 Å². The normalized spacial score (nSPS) is 25.9. The molecule has 1 saturated heterocycles. The van der Waals surface area contributed by atoms with Gasteiger partial charge >= 0.3 is 0 Å². The molecule has 7 heteroatoms. The number of nitrogens with two attached hydrogens (primary N) is 1. The maximum Gasteiger partial charge on any atom is 0.233 e. The number of rotatable bonds is 3. The van der Waals surface area contributed by atoms with Gasteiger partial charge < -0.3 is 11.1 Å². The third-order valence-electron chi connectivity index (χ3n) is 4.25. The van der Waals surface area contributed by atoms with Crippen LogP contribution in [0.3, 0.4) is 0 Å². The fourth-order valence-electron chi connectivity index (χ4n) is 2.92.